The van der Waals surface area contributed by atoms with Gasteiger partial charge in [-0.25, -0.2) is 4.79 Å². The van der Waals surface area contributed by atoms with Crippen LogP contribution < -0.4 is 0 Å². The number of nitro groups is 1. The van der Waals surface area contributed by atoms with Crippen molar-refractivity contribution in [2.75, 3.05) is 0 Å². The highest BCUT2D eigenvalue weighted by molar-refractivity contribution is 6.12. The van der Waals surface area contributed by atoms with Crippen molar-refractivity contribution in [3.8, 4) is 0 Å². The van der Waals surface area contributed by atoms with Crippen molar-refractivity contribution in [1.29, 1.82) is 0 Å². The Hall–Kier alpha value is -3.22. The molecule has 0 saturated heterocycles. The summed E-state index contributed by atoms with van der Waals surface area (Å²) in [5, 5.41) is 16.7. The van der Waals surface area contributed by atoms with Crippen molar-refractivity contribution in [3.05, 3.63) is 52.1 Å². The monoisotopic (exact) mass is 353 g/mol. The molecule has 0 aliphatic carbocycles. The number of oxime groups is 1. The molecular formula is C19H19N3O4. The lowest BCUT2D eigenvalue weighted by Gasteiger charge is -2.11. The molecule has 0 spiro atoms. The maximum absolute atomic E-state index is 11.2. The zero-order valence-corrected chi connectivity index (χ0v) is 15.0. The van der Waals surface area contributed by atoms with Gasteiger partial charge in [-0.15, -0.1) is 0 Å². The predicted molar refractivity (Wildman–Crippen MR) is 100 cm³/mol. The highest BCUT2D eigenvalue weighted by Gasteiger charge is 2.17. The van der Waals surface area contributed by atoms with E-state index in [1.54, 1.807) is 19.1 Å². The van der Waals surface area contributed by atoms with Gasteiger partial charge in [0, 0.05) is 46.9 Å². The van der Waals surface area contributed by atoms with Gasteiger partial charge >= 0.3 is 5.97 Å². The average Bonchev–Trinajstić information content (AvgIpc) is 2.92. The second-order valence-electron chi connectivity index (χ2n) is 6.41. The molecule has 134 valence electrons. The smallest absolute Gasteiger partial charge is 0.331 e. The molecule has 0 radical (unpaired) electrons. The molecule has 0 amide bonds. The number of carbonyl (C=O) groups excluding carboxylic acids is 1. The summed E-state index contributed by atoms with van der Waals surface area (Å²) >= 11 is 0. The molecule has 0 atom stereocenters. The Balaban J connectivity index is 2.28. The largest absolute Gasteiger partial charge is 0.338 e. The van der Waals surface area contributed by atoms with Crippen LogP contribution in [0.15, 0.2) is 41.6 Å². The Bertz CT molecular complexity index is 1060. The molecule has 2 aromatic carbocycles. The van der Waals surface area contributed by atoms with Crippen molar-refractivity contribution in [1.82, 2.24) is 4.57 Å². The van der Waals surface area contributed by atoms with Crippen molar-refractivity contribution in [3.63, 3.8) is 0 Å². The minimum Gasteiger partial charge on any atom is -0.338 e. The van der Waals surface area contributed by atoms with Gasteiger partial charge in [0.1, 0.15) is 0 Å². The van der Waals surface area contributed by atoms with Crippen LogP contribution in [0.3, 0.4) is 0 Å². The van der Waals surface area contributed by atoms with Gasteiger partial charge in [0.15, 0.2) is 0 Å². The molecule has 1 heterocycles. The van der Waals surface area contributed by atoms with E-state index in [4.69, 9.17) is 4.84 Å². The second kappa shape index (κ2) is 6.59. The molecule has 0 N–H and O–H groups in total. The Labute approximate surface area is 150 Å². The Morgan fingerprint density at radius 3 is 2.31 bits per heavy atom. The number of hydrogen-bond donors (Lipinski definition) is 0. The lowest BCUT2D eigenvalue weighted by atomic mass is 10.1. The van der Waals surface area contributed by atoms with Crippen LogP contribution in [-0.4, -0.2) is 21.2 Å². The Morgan fingerprint density at radius 1 is 1.12 bits per heavy atom. The van der Waals surface area contributed by atoms with Crippen molar-refractivity contribution in [2.45, 2.75) is 33.7 Å². The molecule has 3 rings (SSSR count). The van der Waals surface area contributed by atoms with E-state index >= 15 is 0 Å². The fraction of sp³-hybridized carbons (Fsp3) is 0.263. The second-order valence-corrected chi connectivity index (χ2v) is 6.41. The number of non-ortho nitro benzene ring substituents is 1. The summed E-state index contributed by atoms with van der Waals surface area (Å²) in [6, 6.07) is 10.9. The lowest BCUT2D eigenvalue weighted by molar-refractivity contribution is -0.384. The molecular weight excluding hydrogens is 334 g/mol. The van der Waals surface area contributed by atoms with E-state index in [1.165, 1.54) is 13.0 Å². The maximum atomic E-state index is 11.2. The van der Waals surface area contributed by atoms with Crippen LogP contribution in [0.2, 0.25) is 0 Å². The molecule has 0 fully saturated rings. The van der Waals surface area contributed by atoms with Gasteiger partial charge in [0.2, 0.25) is 0 Å². The molecule has 3 aromatic rings. The molecule has 0 aliphatic heterocycles. The number of fused-ring (bicyclic) bond motifs is 3. The number of hydrogen-bond acceptors (Lipinski definition) is 5. The highest BCUT2D eigenvalue weighted by Crippen LogP contribution is 2.34. The molecule has 26 heavy (non-hydrogen) atoms. The van der Waals surface area contributed by atoms with E-state index in [1.807, 2.05) is 18.2 Å². The molecule has 0 bridgehead atoms. The van der Waals surface area contributed by atoms with Crippen LogP contribution in [-0.2, 0) is 9.63 Å². The third kappa shape index (κ3) is 3.03. The first-order valence-corrected chi connectivity index (χ1v) is 8.24. The zero-order chi connectivity index (χ0) is 19.0. The van der Waals surface area contributed by atoms with E-state index < -0.39 is 10.9 Å². The number of nitro benzene ring substituents is 1. The van der Waals surface area contributed by atoms with Gasteiger partial charge in [0.05, 0.1) is 10.6 Å². The minimum absolute atomic E-state index is 0.0519. The first-order chi connectivity index (χ1) is 12.3. The molecule has 0 unspecified atom stereocenters. The summed E-state index contributed by atoms with van der Waals surface area (Å²) in [6.07, 6.45) is 0. The number of rotatable bonds is 4. The summed E-state index contributed by atoms with van der Waals surface area (Å²) in [7, 11) is 0. The van der Waals surface area contributed by atoms with Crippen LogP contribution >= 0.6 is 0 Å². The summed E-state index contributed by atoms with van der Waals surface area (Å²) in [5.74, 6) is -0.488. The maximum Gasteiger partial charge on any atom is 0.331 e. The normalized spacial score (nSPS) is 12.1. The van der Waals surface area contributed by atoms with Crippen molar-refractivity contribution >= 4 is 39.2 Å². The van der Waals surface area contributed by atoms with Gasteiger partial charge in [-0.05, 0) is 44.5 Å². The SMILES string of the molecule is CC(=O)ON=C(C)c1ccc2c(c1)c1cc([N+](=O)[O-])ccc1n2C(C)C. The number of benzene rings is 2. The number of carbonyl (C=O) groups is 1. The Kier molecular flexibility index (Phi) is 4.46. The van der Waals surface area contributed by atoms with Gasteiger partial charge in [-0.2, -0.15) is 0 Å². The van der Waals surface area contributed by atoms with Gasteiger partial charge in [-0.3, -0.25) is 10.1 Å². The first-order valence-electron chi connectivity index (χ1n) is 8.24. The number of aromatic nitrogens is 1. The zero-order valence-electron chi connectivity index (χ0n) is 15.0. The van der Waals surface area contributed by atoms with E-state index in [0.717, 1.165) is 27.4 Å². The average molecular weight is 353 g/mol. The van der Waals surface area contributed by atoms with Gasteiger partial charge in [-0.1, -0.05) is 11.2 Å². The van der Waals surface area contributed by atoms with Crippen molar-refractivity contribution in [2.24, 2.45) is 5.16 Å². The van der Waals surface area contributed by atoms with Crippen LogP contribution in [0.5, 0.6) is 0 Å². The highest BCUT2D eigenvalue weighted by atomic mass is 16.7. The predicted octanol–water partition coefficient (Wildman–Crippen LogP) is 4.57. The summed E-state index contributed by atoms with van der Waals surface area (Å²) < 4.78 is 2.15. The van der Waals surface area contributed by atoms with Gasteiger partial charge in [0.25, 0.3) is 5.69 Å². The summed E-state index contributed by atoms with van der Waals surface area (Å²) in [5.41, 5.74) is 3.31. The molecule has 7 nitrogen and oxygen atoms in total. The van der Waals surface area contributed by atoms with Crippen LogP contribution in [0, 0.1) is 10.1 Å². The van der Waals surface area contributed by atoms with E-state index in [0.29, 0.717) is 5.71 Å². The van der Waals surface area contributed by atoms with E-state index in [-0.39, 0.29) is 11.7 Å². The van der Waals surface area contributed by atoms with Crippen LogP contribution in [0.4, 0.5) is 5.69 Å². The van der Waals surface area contributed by atoms with Gasteiger partial charge < -0.3 is 9.40 Å². The van der Waals surface area contributed by atoms with Crippen molar-refractivity contribution < 1.29 is 14.6 Å². The minimum atomic E-state index is -0.488. The molecule has 7 heteroatoms. The summed E-state index contributed by atoms with van der Waals surface area (Å²) in [4.78, 5) is 26.4. The molecule has 1 aromatic heterocycles. The fourth-order valence-corrected chi connectivity index (χ4v) is 3.12. The third-order valence-electron chi connectivity index (χ3n) is 4.24. The fourth-order valence-electron chi connectivity index (χ4n) is 3.12. The molecule has 0 saturated carbocycles. The topological polar surface area (TPSA) is 86.7 Å². The van der Waals surface area contributed by atoms with Crippen LogP contribution in [0.25, 0.3) is 21.8 Å². The van der Waals surface area contributed by atoms with E-state index in [9.17, 15) is 14.9 Å². The summed E-state index contributed by atoms with van der Waals surface area (Å²) in [6.45, 7) is 7.17. The lowest BCUT2D eigenvalue weighted by Crippen LogP contribution is -2.01. The Morgan fingerprint density at radius 2 is 1.73 bits per heavy atom. The standard InChI is InChI=1S/C19H19N3O4/c1-11(2)21-18-7-5-14(12(3)20-26-13(4)23)9-16(18)17-10-15(22(24)25)6-8-19(17)21/h5-11H,1-4H3. The van der Waals surface area contributed by atoms with E-state index in [2.05, 4.69) is 23.6 Å². The third-order valence-corrected chi connectivity index (χ3v) is 4.24. The quantitative estimate of drug-likeness (QED) is 0.297. The first kappa shape index (κ1) is 17.6. The molecule has 0 aliphatic rings. The van der Waals surface area contributed by atoms with Crippen LogP contribution in [0.1, 0.15) is 39.3 Å². The number of nitrogens with zero attached hydrogens (tertiary/aromatic N) is 3.